The number of nitrogens with zero attached hydrogens (tertiary/aromatic N) is 2. The lowest BCUT2D eigenvalue weighted by Gasteiger charge is -2.41. The summed E-state index contributed by atoms with van der Waals surface area (Å²) in [4.78, 5) is 0. The predicted molar refractivity (Wildman–Crippen MR) is 84.4 cm³/mol. The molecule has 2 rings (SSSR count). The van der Waals surface area contributed by atoms with E-state index < -0.39 is 5.60 Å². The molecule has 0 aromatic carbocycles. The van der Waals surface area contributed by atoms with E-state index in [-0.39, 0.29) is 0 Å². The van der Waals surface area contributed by atoms with Crippen molar-refractivity contribution in [1.82, 2.24) is 9.78 Å². The number of methoxy groups -OCH3 is 1. The Morgan fingerprint density at radius 1 is 1.38 bits per heavy atom. The molecule has 1 aliphatic rings. The van der Waals surface area contributed by atoms with Gasteiger partial charge in [0.1, 0.15) is 11.3 Å². The minimum atomic E-state index is -0.793. The highest BCUT2D eigenvalue weighted by Crippen LogP contribution is 2.47. The van der Waals surface area contributed by atoms with Crippen molar-refractivity contribution in [1.29, 1.82) is 0 Å². The normalized spacial score (nSPS) is 26.9. The Balaban J connectivity index is 2.24. The number of aryl methyl sites for hydroxylation is 1. The molecule has 4 nitrogen and oxygen atoms in total. The van der Waals surface area contributed by atoms with Gasteiger partial charge in [0.2, 0.25) is 0 Å². The Bertz CT molecular complexity index is 466. The van der Waals surface area contributed by atoms with Gasteiger partial charge in [-0.2, -0.15) is 5.10 Å². The van der Waals surface area contributed by atoms with E-state index in [9.17, 15) is 5.11 Å². The minimum Gasteiger partial charge on any atom is -0.493 e. The third kappa shape index (κ3) is 3.25. The highest BCUT2D eigenvalue weighted by atomic mass is 16.5. The molecular formula is C17H30N2O2. The van der Waals surface area contributed by atoms with Gasteiger partial charge >= 0.3 is 0 Å². The van der Waals surface area contributed by atoms with E-state index >= 15 is 0 Å². The first-order valence-corrected chi connectivity index (χ1v) is 8.14. The van der Waals surface area contributed by atoms with E-state index in [0.29, 0.717) is 11.3 Å². The van der Waals surface area contributed by atoms with Crippen LogP contribution >= 0.6 is 0 Å². The highest BCUT2D eigenvalue weighted by Gasteiger charge is 2.42. The van der Waals surface area contributed by atoms with Gasteiger partial charge in [0, 0.05) is 6.54 Å². The molecular weight excluding hydrogens is 264 g/mol. The highest BCUT2D eigenvalue weighted by molar-refractivity contribution is 5.31. The van der Waals surface area contributed by atoms with Crippen LogP contribution in [0.2, 0.25) is 0 Å². The minimum absolute atomic E-state index is 0.315. The maximum Gasteiger partial charge on any atom is 0.162 e. The van der Waals surface area contributed by atoms with Crippen molar-refractivity contribution in [2.75, 3.05) is 7.11 Å². The second-order valence-corrected chi connectivity index (χ2v) is 7.46. The van der Waals surface area contributed by atoms with Gasteiger partial charge in [0.15, 0.2) is 5.75 Å². The zero-order valence-electron chi connectivity index (χ0n) is 14.1. The molecule has 0 saturated heterocycles. The Morgan fingerprint density at radius 2 is 2.00 bits per heavy atom. The van der Waals surface area contributed by atoms with Crippen molar-refractivity contribution in [3.05, 3.63) is 11.9 Å². The van der Waals surface area contributed by atoms with Crippen LogP contribution in [0.1, 0.15) is 65.5 Å². The van der Waals surface area contributed by atoms with Crippen LogP contribution < -0.4 is 4.74 Å². The first-order valence-electron chi connectivity index (χ1n) is 8.14. The van der Waals surface area contributed by atoms with E-state index in [2.05, 4.69) is 32.8 Å². The van der Waals surface area contributed by atoms with Gasteiger partial charge in [-0.15, -0.1) is 0 Å². The van der Waals surface area contributed by atoms with Gasteiger partial charge in [0.05, 0.1) is 13.3 Å². The van der Waals surface area contributed by atoms with Crippen molar-refractivity contribution in [3.63, 3.8) is 0 Å². The van der Waals surface area contributed by atoms with E-state index in [1.165, 1.54) is 0 Å². The van der Waals surface area contributed by atoms with Crippen molar-refractivity contribution >= 4 is 0 Å². The molecule has 1 aromatic rings. The molecule has 0 amide bonds. The summed E-state index contributed by atoms with van der Waals surface area (Å²) in [5.74, 6) is 1.39. The first-order chi connectivity index (χ1) is 9.81. The maximum absolute atomic E-state index is 11.2. The van der Waals surface area contributed by atoms with Crippen molar-refractivity contribution in [2.24, 2.45) is 11.3 Å². The van der Waals surface area contributed by atoms with Crippen LogP contribution in [0.3, 0.4) is 0 Å². The van der Waals surface area contributed by atoms with Gasteiger partial charge in [-0.25, -0.2) is 0 Å². The fourth-order valence-electron chi connectivity index (χ4n) is 3.57. The van der Waals surface area contributed by atoms with Gasteiger partial charge < -0.3 is 9.84 Å². The molecule has 1 N–H and O–H groups in total. The summed E-state index contributed by atoms with van der Waals surface area (Å²) in [6, 6.07) is 0. The molecule has 0 spiro atoms. The van der Waals surface area contributed by atoms with Crippen LogP contribution in [0.15, 0.2) is 6.20 Å². The molecule has 21 heavy (non-hydrogen) atoms. The predicted octanol–water partition coefficient (Wildman–Crippen LogP) is 3.73. The average molecular weight is 294 g/mol. The number of hydrogen-bond donors (Lipinski definition) is 1. The first kappa shape index (κ1) is 16.3. The molecule has 1 heterocycles. The number of hydrogen-bond acceptors (Lipinski definition) is 3. The number of aromatic nitrogens is 2. The molecule has 0 unspecified atom stereocenters. The largest absolute Gasteiger partial charge is 0.493 e. The summed E-state index contributed by atoms with van der Waals surface area (Å²) in [7, 11) is 1.65. The quantitative estimate of drug-likeness (QED) is 0.920. The Hall–Kier alpha value is -1.03. The molecule has 1 aromatic heterocycles. The molecule has 0 bridgehead atoms. The summed E-state index contributed by atoms with van der Waals surface area (Å²) < 4.78 is 7.37. The second-order valence-electron chi connectivity index (χ2n) is 7.46. The summed E-state index contributed by atoms with van der Waals surface area (Å²) >= 11 is 0. The van der Waals surface area contributed by atoms with Gasteiger partial charge in [-0.1, -0.05) is 27.7 Å². The van der Waals surface area contributed by atoms with Gasteiger partial charge in [-0.3, -0.25) is 4.68 Å². The molecule has 4 heteroatoms. The Labute approximate surface area is 128 Å². The Kier molecular flexibility index (Phi) is 4.66. The van der Waals surface area contributed by atoms with Crippen LogP contribution in [0.25, 0.3) is 0 Å². The third-order valence-corrected chi connectivity index (χ3v) is 4.94. The smallest absolute Gasteiger partial charge is 0.162 e. The topological polar surface area (TPSA) is 47.3 Å². The molecule has 1 saturated carbocycles. The van der Waals surface area contributed by atoms with Crippen LogP contribution in [0.4, 0.5) is 0 Å². The lowest BCUT2D eigenvalue weighted by molar-refractivity contribution is -0.0379. The van der Waals surface area contributed by atoms with E-state index in [1.807, 2.05) is 4.68 Å². The van der Waals surface area contributed by atoms with Crippen molar-refractivity contribution in [2.45, 2.75) is 71.9 Å². The Morgan fingerprint density at radius 3 is 2.48 bits per heavy atom. The molecule has 0 aliphatic heterocycles. The SMILES string of the molecule is CCCn1ncc(OC)c1C1(O)CCC(C(C)(C)C)CC1. The van der Waals surface area contributed by atoms with Crippen LogP contribution in [0, 0.1) is 11.3 Å². The average Bonchev–Trinajstić information content (AvgIpc) is 2.82. The fraction of sp³-hybridized carbons (Fsp3) is 0.824. The maximum atomic E-state index is 11.2. The third-order valence-electron chi connectivity index (χ3n) is 4.94. The van der Waals surface area contributed by atoms with Crippen LogP contribution in [-0.2, 0) is 12.1 Å². The number of ether oxygens (including phenoxy) is 1. The molecule has 1 fully saturated rings. The van der Waals surface area contributed by atoms with Gasteiger partial charge in [-0.05, 0) is 43.4 Å². The standard InChI is InChI=1S/C17H30N2O2/c1-6-11-19-15(14(21-5)12-18-19)17(20)9-7-13(8-10-17)16(2,3)4/h12-13,20H,6-11H2,1-5H3. The summed E-state index contributed by atoms with van der Waals surface area (Å²) in [5.41, 5.74) is 0.396. The van der Waals surface area contributed by atoms with Gasteiger partial charge in [0.25, 0.3) is 0 Å². The second kappa shape index (κ2) is 5.99. The van der Waals surface area contributed by atoms with Crippen molar-refractivity contribution in [3.8, 4) is 5.75 Å². The van der Waals surface area contributed by atoms with E-state index in [4.69, 9.17) is 4.74 Å². The molecule has 0 radical (unpaired) electrons. The molecule has 120 valence electrons. The summed E-state index contributed by atoms with van der Waals surface area (Å²) in [5, 5.41) is 15.6. The molecule has 0 atom stereocenters. The lowest BCUT2D eigenvalue weighted by Crippen LogP contribution is -2.37. The van der Waals surface area contributed by atoms with E-state index in [0.717, 1.165) is 50.1 Å². The fourth-order valence-corrected chi connectivity index (χ4v) is 3.57. The molecule has 1 aliphatic carbocycles. The number of rotatable bonds is 4. The van der Waals surface area contributed by atoms with Crippen LogP contribution in [-0.4, -0.2) is 22.0 Å². The van der Waals surface area contributed by atoms with Crippen molar-refractivity contribution < 1.29 is 9.84 Å². The zero-order chi connectivity index (χ0) is 15.7. The van der Waals surface area contributed by atoms with Crippen LogP contribution in [0.5, 0.6) is 5.75 Å². The zero-order valence-corrected chi connectivity index (χ0v) is 14.1. The number of aliphatic hydroxyl groups is 1. The van der Waals surface area contributed by atoms with E-state index in [1.54, 1.807) is 13.3 Å². The summed E-state index contributed by atoms with van der Waals surface area (Å²) in [6.07, 6.45) is 6.43. The monoisotopic (exact) mass is 294 g/mol. The lowest BCUT2D eigenvalue weighted by atomic mass is 9.67. The summed E-state index contributed by atoms with van der Waals surface area (Å²) in [6.45, 7) is 9.83.